The lowest BCUT2D eigenvalue weighted by Gasteiger charge is -2.39. The van der Waals surface area contributed by atoms with Crippen molar-refractivity contribution in [2.75, 3.05) is 0 Å². The Balaban J connectivity index is 2.18. The summed E-state index contributed by atoms with van der Waals surface area (Å²) in [6.45, 7) is -0.709. The molecule has 1 saturated carbocycles. The van der Waals surface area contributed by atoms with Crippen LogP contribution in [0.3, 0.4) is 0 Å². The third-order valence-corrected chi connectivity index (χ3v) is 7.71. The summed E-state index contributed by atoms with van der Waals surface area (Å²) in [5.74, 6) is -1.45. The van der Waals surface area contributed by atoms with E-state index in [1.807, 2.05) is 0 Å². The van der Waals surface area contributed by atoms with Gasteiger partial charge < -0.3 is 5.73 Å². The SMILES string of the molecule is NC1CCC(c2cc(F)ccc2F)(S(=O)(=O)c2ccc(CF)cc2)CC1. The van der Waals surface area contributed by atoms with Crippen LogP contribution in [0, 0.1) is 11.6 Å². The Labute approximate surface area is 150 Å². The maximum atomic E-state index is 14.5. The zero-order chi connectivity index (χ0) is 18.9. The van der Waals surface area contributed by atoms with Crippen molar-refractivity contribution in [2.24, 2.45) is 5.73 Å². The third kappa shape index (κ3) is 3.14. The predicted octanol–water partition coefficient (Wildman–Crippen LogP) is 4.00. The van der Waals surface area contributed by atoms with Crippen LogP contribution in [0.1, 0.15) is 36.8 Å². The number of alkyl halides is 1. The minimum Gasteiger partial charge on any atom is -0.328 e. The second-order valence-electron chi connectivity index (χ2n) is 6.74. The van der Waals surface area contributed by atoms with Gasteiger partial charge in [-0.2, -0.15) is 0 Å². The van der Waals surface area contributed by atoms with E-state index in [0.717, 1.165) is 18.2 Å². The Kier molecular flexibility index (Phi) is 5.12. The second kappa shape index (κ2) is 7.04. The third-order valence-electron chi connectivity index (χ3n) is 5.16. The van der Waals surface area contributed by atoms with Crippen LogP contribution in [0.25, 0.3) is 0 Å². The lowest BCUT2D eigenvalue weighted by atomic mass is 9.81. The molecule has 3 rings (SSSR count). The van der Waals surface area contributed by atoms with Crippen molar-refractivity contribution in [3.8, 4) is 0 Å². The van der Waals surface area contributed by atoms with E-state index < -0.39 is 32.9 Å². The van der Waals surface area contributed by atoms with E-state index in [4.69, 9.17) is 5.73 Å². The molecule has 2 aromatic rings. The molecule has 3 nitrogen and oxygen atoms in total. The first-order valence-electron chi connectivity index (χ1n) is 8.41. The highest BCUT2D eigenvalue weighted by Crippen LogP contribution is 2.47. The van der Waals surface area contributed by atoms with Gasteiger partial charge >= 0.3 is 0 Å². The Morgan fingerprint density at radius 3 is 2.23 bits per heavy atom. The molecule has 0 heterocycles. The Morgan fingerprint density at radius 1 is 1.04 bits per heavy atom. The maximum Gasteiger partial charge on any atom is 0.188 e. The summed E-state index contributed by atoms with van der Waals surface area (Å²) < 4.78 is 66.4. The molecule has 0 aromatic heterocycles. The lowest BCUT2D eigenvalue weighted by Crippen LogP contribution is -2.43. The molecule has 0 spiro atoms. The molecule has 2 aromatic carbocycles. The predicted molar refractivity (Wildman–Crippen MR) is 92.9 cm³/mol. The van der Waals surface area contributed by atoms with Crippen LogP contribution in [0.5, 0.6) is 0 Å². The van der Waals surface area contributed by atoms with E-state index in [1.54, 1.807) is 0 Å². The number of rotatable bonds is 4. The molecule has 0 aliphatic heterocycles. The molecule has 0 atom stereocenters. The van der Waals surface area contributed by atoms with Gasteiger partial charge in [-0.15, -0.1) is 0 Å². The quantitative estimate of drug-likeness (QED) is 0.868. The summed E-state index contributed by atoms with van der Waals surface area (Å²) in [6, 6.07) is 8.10. The molecule has 140 valence electrons. The van der Waals surface area contributed by atoms with Crippen molar-refractivity contribution in [3.63, 3.8) is 0 Å². The fourth-order valence-electron chi connectivity index (χ4n) is 3.62. The van der Waals surface area contributed by atoms with E-state index in [1.165, 1.54) is 24.3 Å². The first-order chi connectivity index (χ1) is 12.3. The number of hydrogen-bond donors (Lipinski definition) is 1. The average molecular weight is 383 g/mol. The molecule has 1 fully saturated rings. The Morgan fingerprint density at radius 2 is 1.65 bits per heavy atom. The highest BCUT2D eigenvalue weighted by molar-refractivity contribution is 7.92. The van der Waals surface area contributed by atoms with Gasteiger partial charge in [-0.1, -0.05) is 12.1 Å². The van der Waals surface area contributed by atoms with E-state index in [9.17, 15) is 21.6 Å². The van der Waals surface area contributed by atoms with Crippen molar-refractivity contribution in [2.45, 2.75) is 48.0 Å². The van der Waals surface area contributed by atoms with Crippen LogP contribution in [-0.2, 0) is 21.3 Å². The van der Waals surface area contributed by atoms with Crippen LogP contribution < -0.4 is 5.73 Å². The number of hydrogen-bond acceptors (Lipinski definition) is 3. The van der Waals surface area contributed by atoms with E-state index in [2.05, 4.69) is 0 Å². The number of nitrogens with two attached hydrogens (primary N) is 1. The standard InChI is InChI=1S/C19H20F3NO2S/c20-12-13-1-4-16(5-2-13)26(24,25)19(9-7-15(23)8-10-19)17-11-14(21)3-6-18(17)22/h1-6,11,15H,7-10,12,23H2. The Bertz CT molecular complexity index is 890. The summed E-state index contributed by atoms with van der Waals surface area (Å²) >= 11 is 0. The summed E-state index contributed by atoms with van der Waals surface area (Å²) in [4.78, 5) is -0.0335. The zero-order valence-electron chi connectivity index (χ0n) is 14.1. The fourth-order valence-corrected chi connectivity index (χ4v) is 5.78. The van der Waals surface area contributed by atoms with Crippen molar-refractivity contribution in [3.05, 3.63) is 65.2 Å². The summed E-state index contributed by atoms with van der Waals surface area (Å²) in [5, 5.41) is 0. The van der Waals surface area contributed by atoms with Gasteiger partial charge in [0.2, 0.25) is 0 Å². The zero-order valence-corrected chi connectivity index (χ0v) is 14.9. The van der Waals surface area contributed by atoms with Crippen LogP contribution >= 0.6 is 0 Å². The van der Waals surface area contributed by atoms with E-state index in [-0.39, 0.29) is 29.3 Å². The van der Waals surface area contributed by atoms with Crippen molar-refractivity contribution in [1.82, 2.24) is 0 Å². The van der Waals surface area contributed by atoms with Gasteiger partial charge in [0, 0.05) is 11.6 Å². The second-order valence-corrected chi connectivity index (χ2v) is 9.00. The molecule has 7 heteroatoms. The minimum atomic E-state index is -4.05. The average Bonchev–Trinajstić information content (AvgIpc) is 2.64. The molecule has 0 unspecified atom stereocenters. The van der Waals surface area contributed by atoms with E-state index >= 15 is 0 Å². The molecular formula is C19H20F3NO2S. The highest BCUT2D eigenvalue weighted by Gasteiger charge is 2.49. The number of halogens is 3. The molecule has 1 aliphatic carbocycles. The highest BCUT2D eigenvalue weighted by atomic mass is 32.2. The first-order valence-corrected chi connectivity index (χ1v) is 9.89. The van der Waals surface area contributed by atoms with Gasteiger partial charge in [0.15, 0.2) is 9.84 Å². The van der Waals surface area contributed by atoms with Crippen LogP contribution in [0.15, 0.2) is 47.4 Å². The van der Waals surface area contributed by atoms with Crippen molar-refractivity contribution in [1.29, 1.82) is 0 Å². The summed E-state index contributed by atoms with van der Waals surface area (Å²) in [5.41, 5.74) is 6.10. The number of sulfone groups is 1. The van der Waals surface area contributed by atoms with Gasteiger partial charge in [-0.3, -0.25) is 0 Å². The monoisotopic (exact) mass is 383 g/mol. The van der Waals surface area contributed by atoms with Gasteiger partial charge in [-0.05, 0) is 61.6 Å². The van der Waals surface area contributed by atoms with Crippen LogP contribution in [0.2, 0.25) is 0 Å². The molecule has 0 bridgehead atoms. The summed E-state index contributed by atoms with van der Waals surface area (Å²) in [6.07, 6.45) is 0.971. The molecule has 26 heavy (non-hydrogen) atoms. The van der Waals surface area contributed by atoms with Gasteiger partial charge in [-0.25, -0.2) is 21.6 Å². The molecule has 1 aliphatic rings. The number of benzene rings is 2. The van der Waals surface area contributed by atoms with Gasteiger partial charge in [0.05, 0.1) is 4.90 Å². The molecule has 0 amide bonds. The largest absolute Gasteiger partial charge is 0.328 e. The van der Waals surface area contributed by atoms with Crippen LogP contribution in [0.4, 0.5) is 13.2 Å². The normalized spacial score (nSPS) is 23.8. The van der Waals surface area contributed by atoms with Crippen LogP contribution in [-0.4, -0.2) is 14.5 Å². The van der Waals surface area contributed by atoms with E-state index in [0.29, 0.717) is 18.4 Å². The van der Waals surface area contributed by atoms with Gasteiger partial charge in [0.25, 0.3) is 0 Å². The van der Waals surface area contributed by atoms with Gasteiger partial charge in [0.1, 0.15) is 23.1 Å². The van der Waals surface area contributed by atoms with Crippen molar-refractivity contribution < 1.29 is 21.6 Å². The minimum absolute atomic E-state index is 0.0335. The summed E-state index contributed by atoms with van der Waals surface area (Å²) in [7, 11) is -4.05. The molecular weight excluding hydrogens is 363 g/mol. The first kappa shape index (κ1) is 18.9. The topological polar surface area (TPSA) is 60.2 Å². The molecule has 2 N–H and O–H groups in total. The molecule has 0 radical (unpaired) electrons. The Hall–Kier alpha value is -1.86. The fraction of sp³-hybridized carbons (Fsp3) is 0.368. The molecule has 0 saturated heterocycles. The smallest absolute Gasteiger partial charge is 0.188 e. The maximum absolute atomic E-state index is 14.5. The lowest BCUT2D eigenvalue weighted by molar-refractivity contribution is 0.337. The van der Waals surface area contributed by atoms with Crippen molar-refractivity contribution >= 4 is 9.84 Å².